The minimum absolute atomic E-state index is 0.261. The second kappa shape index (κ2) is 5.13. The lowest BCUT2D eigenvalue weighted by Gasteiger charge is -2.35. The van der Waals surface area contributed by atoms with Gasteiger partial charge in [0.2, 0.25) is 11.8 Å². The summed E-state index contributed by atoms with van der Waals surface area (Å²) >= 11 is 0. The van der Waals surface area contributed by atoms with Crippen molar-refractivity contribution < 1.29 is 4.74 Å². The largest absolute Gasteiger partial charge is 0.476 e. The molecule has 4 rings (SSSR count). The van der Waals surface area contributed by atoms with Gasteiger partial charge in [0.1, 0.15) is 6.61 Å². The van der Waals surface area contributed by atoms with Crippen molar-refractivity contribution in [1.29, 1.82) is 0 Å². The molecule has 0 radical (unpaired) electrons. The van der Waals surface area contributed by atoms with Crippen LogP contribution in [0.3, 0.4) is 0 Å². The van der Waals surface area contributed by atoms with Crippen molar-refractivity contribution in [2.75, 3.05) is 18.9 Å². The van der Waals surface area contributed by atoms with Crippen molar-refractivity contribution in [2.24, 2.45) is 0 Å². The molecule has 1 aliphatic heterocycles. The van der Waals surface area contributed by atoms with Gasteiger partial charge in [-0.1, -0.05) is 12.8 Å². The highest BCUT2D eigenvalue weighted by Crippen LogP contribution is 2.49. The zero-order chi connectivity index (χ0) is 14.3. The van der Waals surface area contributed by atoms with Crippen LogP contribution in [0.1, 0.15) is 56.2 Å². The van der Waals surface area contributed by atoms with E-state index in [1.54, 1.807) is 0 Å². The monoisotopic (exact) mass is 288 g/mol. The number of hydrogen-bond donors (Lipinski definition) is 2. The first-order valence-electron chi connectivity index (χ1n) is 8.30. The predicted molar refractivity (Wildman–Crippen MR) is 81.4 cm³/mol. The summed E-state index contributed by atoms with van der Waals surface area (Å²) in [5.41, 5.74) is 8.67. The summed E-state index contributed by atoms with van der Waals surface area (Å²) in [7, 11) is 0. The molecule has 3 aliphatic rings. The molecule has 3 N–H and O–H groups in total. The normalized spacial score (nSPS) is 26.4. The zero-order valence-corrected chi connectivity index (χ0v) is 12.5. The number of aromatic nitrogens is 2. The van der Waals surface area contributed by atoms with E-state index in [1.165, 1.54) is 56.2 Å². The van der Waals surface area contributed by atoms with Crippen LogP contribution in [0.25, 0.3) is 0 Å². The fourth-order valence-corrected chi connectivity index (χ4v) is 4.19. The molecule has 1 atom stereocenters. The Morgan fingerprint density at radius 2 is 1.95 bits per heavy atom. The summed E-state index contributed by atoms with van der Waals surface area (Å²) < 4.78 is 6.00. The van der Waals surface area contributed by atoms with Crippen LogP contribution >= 0.6 is 0 Å². The average Bonchev–Trinajstić information content (AvgIpc) is 2.88. The Bertz CT molecular complexity index is 535. The van der Waals surface area contributed by atoms with E-state index >= 15 is 0 Å². The number of nitrogens with zero attached hydrogens (tertiary/aromatic N) is 2. The first-order valence-corrected chi connectivity index (χ1v) is 8.30. The third-order valence-corrected chi connectivity index (χ3v) is 5.48. The highest BCUT2D eigenvalue weighted by molar-refractivity contribution is 5.42. The molecule has 21 heavy (non-hydrogen) atoms. The van der Waals surface area contributed by atoms with Crippen molar-refractivity contribution >= 4 is 5.95 Å². The van der Waals surface area contributed by atoms with E-state index in [0.717, 1.165) is 18.8 Å². The van der Waals surface area contributed by atoms with Crippen LogP contribution in [0.4, 0.5) is 5.95 Å². The van der Waals surface area contributed by atoms with Gasteiger partial charge in [0.15, 0.2) is 0 Å². The zero-order valence-electron chi connectivity index (χ0n) is 12.5. The van der Waals surface area contributed by atoms with Crippen molar-refractivity contribution in [3.8, 4) is 5.88 Å². The summed E-state index contributed by atoms with van der Waals surface area (Å²) in [6.45, 7) is 1.79. The third kappa shape index (κ3) is 2.27. The van der Waals surface area contributed by atoms with Gasteiger partial charge in [-0.15, -0.1) is 0 Å². The van der Waals surface area contributed by atoms with Gasteiger partial charge < -0.3 is 15.8 Å². The molecule has 1 saturated carbocycles. The number of ether oxygens (including phenoxy) is 1. The SMILES string of the molecule is Nc1nc(OC[C@@H]2CCN2)c2c(n1)C1(CCCC1)CCC2. The summed E-state index contributed by atoms with van der Waals surface area (Å²) in [5, 5.41) is 3.36. The van der Waals surface area contributed by atoms with Gasteiger partial charge in [-0.05, 0) is 45.1 Å². The van der Waals surface area contributed by atoms with E-state index in [9.17, 15) is 0 Å². The minimum atomic E-state index is 0.261. The lowest BCUT2D eigenvalue weighted by Crippen LogP contribution is -2.46. The average molecular weight is 288 g/mol. The number of fused-ring (bicyclic) bond motifs is 2. The Balaban J connectivity index is 1.66. The lowest BCUT2D eigenvalue weighted by molar-refractivity contribution is 0.207. The Labute approximate surface area is 125 Å². The molecule has 1 saturated heterocycles. The van der Waals surface area contributed by atoms with Gasteiger partial charge in [0, 0.05) is 17.0 Å². The fourth-order valence-electron chi connectivity index (χ4n) is 4.19. The summed E-state index contributed by atoms with van der Waals surface area (Å²) in [6.07, 6.45) is 9.81. The molecule has 0 amide bonds. The Morgan fingerprint density at radius 1 is 1.19 bits per heavy atom. The van der Waals surface area contributed by atoms with E-state index in [-0.39, 0.29) is 5.41 Å². The molecule has 2 heterocycles. The van der Waals surface area contributed by atoms with E-state index in [0.29, 0.717) is 18.6 Å². The molecule has 5 nitrogen and oxygen atoms in total. The number of hydrogen-bond acceptors (Lipinski definition) is 5. The maximum Gasteiger partial charge on any atom is 0.223 e. The van der Waals surface area contributed by atoms with Gasteiger partial charge in [0.05, 0.1) is 5.69 Å². The topological polar surface area (TPSA) is 73.1 Å². The van der Waals surface area contributed by atoms with E-state index < -0.39 is 0 Å². The second-order valence-corrected chi connectivity index (χ2v) is 6.81. The quantitative estimate of drug-likeness (QED) is 0.889. The first-order chi connectivity index (χ1) is 10.3. The highest BCUT2D eigenvalue weighted by atomic mass is 16.5. The molecule has 2 aliphatic carbocycles. The lowest BCUT2D eigenvalue weighted by atomic mass is 9.72. The summed E-state index contributed by atoms with van der Waals surface area (Å²) in [4.78, 5) is 9.03. The summed E-state index contributed by atoms with van der Waals surface area (Å²) in [6, 6.07) is 0.473. The Kier molecular flexibility index (Phi) is 3.25. The molecule has 0 aromatic carbocycles. The van der Waals surface area contributed by atoms with Gasteiger partial charge in [0.25, 0.3) is 0 Å². The fraction of sp³-hybridized carbons (Fsp3) is 0.750. The van der Waals surface area contributed by atoms with Crippen LogP contribution in [0.2, 0.25) is 0 Å². The third-order valence-electron chi connectivity index (χ3n) is 5.48. The standard InChI is InChI=1S/C16H24N4O/c17-15-19-13-12(4-3-8-16(13)6-1-2-7-16)14(20-15)21-10-11-5-9-18-11/h11,18H,1-10H2,(H2,17,19,20)/t11-/m0/s1. The van der Waals surface area contributed by atoms with Crippen molar-refractivity contribution in [3.05, 3.63) is 11.3 Å². The molecule has 5 heteroatoms. The van der Waals surface area contributed by atoms with E-state index in [4.69, 9.17) is 10.5 Å². The molecule has 1 spiro atoms. The first kappa shape index (κ1) is 13.3. The van der Waals surface area contributed by atoms with Crippen LogP contribution in [-0.2, 0) is 11.8 Å². The van der Waals surface area contributed by atoms with Crippen LogP contribution in [0.5, 0.6) is 5.88 Å². The van der Waals surface area contributed by atoms with Crippen molar-refractivity contribution in [1.82, 2.24) is 15.3 Å². The number of nitrogens with one attached hydrogen (secondary N) is 1. The Morgan fingerprint density at radius 3 is 2.67 bits per heavy atom. The maximum atomic E-state index is 6.00. The smallest absolute Gasteiger partial charge is 0.223 e. The van der Waals surface area contributed by atoms with E-state index in [2.05, 4.69) is 15.3 Å². The van der Waals surface area contributed by atoms with Gasteiger partial charge in [-0.2, -0.15) is 4.98 Å². The molecule has 1 aromatic rings. The Hall–Kier alpha value is -1.36. The van der Waals surface area contributed by atoms with Crippen LogP contribution in [-0.4, -0.2) is 29.2 Å². The molecular formula is C16H24N4O. The summed E-state index contributed by atoms with van der Waals surface area (Å²) in [5.74, 6) is 1.12. The van der Waals surface area contributed by atoms with Crippen LogP contribution < -0.4 is 15.8 Å². The van der Waals surface area contributed by atoms with Crippen LogP contribution in [0.15, 0.2) is 0 Å². The molecule has 1 aromatic heterocycles. The second-order valence-electron chi connectivity index (χ2n) is 6.81. The minimum Gasteiger partial charge on any atom is -0.476 e. The van der Waals surface area contributed by atoms with Gasteiger partial charge in [-0.3, -0.25) is 0 Å². The molecule has 114 valence electrons. The molecule has 0 unspecified atom stereocenters. The maximum absolute atomic E-state index is 6.00. The van der Waals surface area contributed by atoms with E-state index in [1.807, 2.05) is 0 Å². The van der Waals surface area contributed by atoms with Gasteiger partial charge in [-0.25, -0.2) is 4.98 Å². The van der Waals surface area contributed by atoms with Crippen molar-refractivity contribution in [2.45, 2.75) is 62.8 Å². The van der Waals surface area contributed by atoms with Crippen molar-refractivity contribution in [3.63, 3.8) is 0 Å². The number of nitrogen functional groups attached to an aromatic ring is 1. The highest BCUT2D eigenvalue weighted by Gasteiger charge is 2.42. The molecule has 2 fully saturated rings. The molecular weight excluding hydrogens is 264 g/mol. The number of rotatable bonds is 3. The molecule has 0 bridgehead atoms. The van der Waals surface area contributed by atoms with Gasteiger partial charge >= 0.3 is 0 Å². The predicted octanol–water partition coefficient (Wildman–Crippen LogP) is 1.95. The van der Waals surface area contributed by atoms with Crippen LogP contribution in [0, 0.1) is 0 Å². The number of anilines is 1. The number of nitrogens with two attached hydrogens (primary N) is 1.